The third-order valence-corrected chi connectivity index (χ3v) is 5.45. The molecule has 1 heterocycles. The van der Waals surface area contributed by atoms with Gasteiger partial charge < -0.3 is 15.4 Å². The lowest BCUT2D eigenvalue weighted by Gasteiger charge is -2.18. The van der Waals surface area contributed by atoms with Crippen molar-refractivity contribution in [2.45, 2.75) is 31.7 Å². The Morgan fingerprint density at radius 1 is 1.10 bits per heavy atom. The van der Waals surface area contributed by atoms with E-state index in [4.69, 9.17) is 4.74 Å². The number of ether oxygens (including phenoxy) is 1. The second-order valence-electron chi connectivity index (χ2n) is 7.53. The maximum Gasteiger partial charge on any atom is 0.191 e. The molecule has 0 amide bonds. The van der Waals surface area contributed by atoms with Gasteiger partial charge in [-0.25, -0.2) is 9.98 Å². The Kier molecular flexibility index (Phi) is 5.97. The summed E-state index contributed by atoms with van der Waals surface area (Å²) in [6, 6.07) is 18.4. The fraction of sp³-hybridized carbons (Fsp3) is 0.348. The van der Waals surface area contributed by atoms with Crippen LogP contribution in [0.4, 0.5) is 0 Å². The van der Waals surface area contributed by atoms with Crippen LogP contribution in [0.3, 0.4) is 0 Å². The number of nitrogens with zero attached hydrogens (tertiary/aromatic N) is 3. The smallest absolute Gasteiger partial charge is 0.191 e. The summed E-state index contributed by atoms with van der Waals surface area (Å²) in [5.74, 6) is 2.98. The number of hydrogen-bond acceptors (Lipinski definition) is 4. The van der Waals surface area contributed by atoms with Gasteiger partial charge in [-0.2, -0.15) is 5.10 Å². The van der Waals surface area contributed by atoms with Crippen molar-refractivity contribution in [2.24, 2.45) is 4.99 Å². The number of H-pyrrole nitrogens is 1. The van der Waals surface area contributed by atoms with Crippen LogP contribution in [0.2, 0.25) is 0 Å². The molecule has 0 radical (unpaired) electrons. The maximum atomic E-state index is 5.20. The monoisotopic (exact) mass is 404 g/mol. The van der Waals surface area contributed by atoms with Crippen molar-refractivity contribution < 1.29 is 4.74 Å². The zero-order valence-electron chi connectivity index (χ0n) is 17.5. The van der Waals surface area contributed by atoms with E-state index in [9.17, 15) is 0 Å². The Morgan fingerprint density at radius 3 is 2.53 bits per heavy atom. The Balaban J connectivity index is 1.39. The van der Waals surface area contributed by atoms with Crippen molar-refractivity contribution in [3.05, 3.63) is 66.0 Å². The quantitative estimate of drug-likeness (QED) is 0.396. The van der Waals surface area contributed by atoms with Crippen LogP contribution in [0.1, 0.15) is 31.2 Å². The van der Waals surface area contributed by atoms with Crippen molar-refractivity contribution in [2.75, 3.05) is 20.2 Å². The van der Waals surface area contributed by atoms with Crippen molar-refractivity contribution in [1.82, 2.24) is 25.8 Å². The fourth-order valence-corrected chi connectivity index (χ4v) is 3.49. The zero-order valence-corrected chi connectivity index (χ0v) is 17.5. The second kappa shape index (κ2) is 8.98. The molecule has 0 bridgehead atoms. The van der Waals surface area contributed by atoms with Gasteiger partial charge >= 0.3 is 0 Å². The molecule has 156 valence electrons. The molecule has 3 aromatic rings. The van der Waals surface area contributed by atoms with Crippen LogP contribution in [0.5, 0.6) is 5.75 Å². The van der Waals surface area contributed by atoms with Gasteiger partial charge in [0.2, 0.25) is 0 Å². The molecular weight excluding hydrogens is 376 g/mol. The number of benzene rings is 2. The summed E-state index contributed by atoms with van der Waals surface area (Å²) in [6.07, 6.45) is 2.41. The normalized spacial score (nSPS) is 14.9. The van der Waals surface area contributed by atoms with Crippen molar-refractivity contribution in [1.29, 1.82) is 0 Å². The number of rotatable bonds is 8. The summed E-state index contributed by atoms with van der Waals surface area (Å²) < 4.78 is 5.20. The summed E-state index contributed by atoms with van der Waals surface area (Å²) in [4.78, 5) is 9.25. The minimum atomic E-state index is 0.227. The van der Waals surface area contributed by atoms with Gasteiger partial charge in [-0.1, -0.05) is 30.3 Å². The number of hydrogen-bond donors (Lipinski definition) is 3. The standard InChI is InChI=1S/C23H28N6O/c1-3-24-22(26-16-23(13-14-23)18-7-5-4-6-8-18)25-15-20-27-21(29-28-20)17-9-11-19(30-2)12-10-17/h4-12H,3,13-16H2,1-2H3,(H2,24,25,26)(H,27,28,29). The molecule has 3 N–H and O–H groups in total. The van der Waals surface area contributed by atoms with E-state index in [2.05, 4.69) is 68.1 Å². The first-order valence-electron chi connectivity index (χ1n) is 10.4. The Morgan fingerprint density at radius 2 is 1.87 bits per heavy atom. The van der Waals surface area contributed by atoms with E-state index in [1.54, 1.807) is 7.11 Å². The van der Waals surface area contributed by atoms with E-state index < -0.39 is 0 Å². The first kappa shape index (κ1) is 19.9. The van der Waals surface area contributed by atoms with Crippen LogP contribution in [0.25, 0.3) is 11.4 Å². The largest absolute Gasteiger partial charge is 0.497 e. The molecule has 2 aromatic carbocycles. The van der Waals surface area contributed by atoms with E-state index in [1.165, 1.54) is 18.4 Å². The summed E-state index contributed by atoms with van der Waals surface area (Å²) in [7, 11) is 1.65. The highest BCUT2D eigenvalue weighted by Gasteiger charge is 2.43. The Bertz CT molecular complexity index is 976. The zero-order chi connectivity index (χ0) is 20.8. The SMILES string of the molecule is CCNC(=NCc1nc(-c2ccc(OC)cc2)n[nH]1)NCC1(c2ccccc2)CC1. The molecule has 0 aliphatic heterocycles. The third-order valence-electron chi connectivity index (χ3n) is 5.45. The molecule has 1 aliphatic carbocycles. The number of aliphatic imine (C=N–C) groups is 1. The van der Waals surface area contributed by atoms with Gasteiger partial charge in [0.15, 0.2) is 11.8 Å². The lowest BCUT2D eigenvalue weighted by molar-refractivity contribution is 0.415. The molecule has 4 rings (SSSR count). The molecule has 1 fully saturated rings. The summed E-state index contributed by atoms with van der Waals surface area (Å²) >= 11 is 0. The van der Waals surface area contributed by atoms with E-state index >= 15 is 0 Å². The second-order valence-corrected chi connectivity index (χ2v) is 7.53. The Hall–Kier alpha value is -3.35. The number of aromatic amines is 1. The number of aromatic nitrogens is 3. The van der Waals surface area contributed by atoms with E-state index in [0.29, 0.717) is 12.4 Å². The molecular formula is C23H28N6O. The van der Waals surface area contributed by atoms with E-state index in [1.807, 2.05) is 24.3 Å². The molecule has 7 nitrogen and oxygen atoms in total. The van der Waals surface area contributed by atoms with E-state index in [-0.39, 0.29) is 5.41 Å². The molecule has 0 saturated heterocycles. The highest BCUT2D eigenvalue weighted by molar-refractivity contribution is 5.80. The van der Waals surface area contributed by atoms with Gasteiger partial charge in [-0.15, -0.1) is 0 Å². The molecule has 30 heavy (non-hydrogen) atoms. The van der Waals surface area contributed by atoms with Crippen molar-refractivity contribution >= 4 is 5.96 Å². The summed E-state index contributed by atoms with van der Waals surface area (Å²) in [6.45, 7) is 4.17. The van der Waals surface area contributed by atoms with Crippen LogP contribution < -0.4 is 15.4 Å². The summed E-state index contributed by atoms with van der Waals surface area (Å²) in [5.41, 5.74) is 2.56. The van der Waals surface area contributed by atoms with Gasteiger partial charge in [0.25, 0.3) is 0 Å². The van der Waals surface area contributed by atoms with Crippen LogP contribution in [0.15, 0.2) is 59.6 Å². The summed E-state index contributed by atoms with van der Waals surface area (Å²) in [5, 5.41) is 14.1. The lowest BCUT2D eigenvalue weighted by Crippen LogP contribution is -2.41. The third kappa shape index (κ3) is 4.62. The minimum Gasteiger partial charge on any atom is -0.497 e. The van der Waals surface area contributed by atoms with Crippen LogP contribution >= 0.6 is 0 Å². The first-order valence-corrected chi connectivity index (χ1v) is 10.4. The molecule has 1 aromatic heterocycles. The van der Waals surface area contributed by atoms with Gasteiger partial charge in [-0.05, 0) is 49.6 Å². The molecule has 0 unspecified atom stereocenters. The van der Waals surface area contributed by atoms with Gasteiger partial charge in [0.1, 0.15) is 18.1 Å². The first-order chi connectivity index (χ1) is 14.7. The number of guanidine groups is 1. The topological polar surface area (TPSA) is 87.2 Å². The van der Waals surface area contributed by atoms with Crippen molar-refractivity contribution in [3.63, 3.8) is 0 Å². The molecule has 1 aliphatic rings. The van der Waals surface area contributed by atoms with Crippen molar-refractivity contribution in [3.8, 4) is 17.1 Å². The molecule has 7 heteroatoms. The van der Waals surface area contributed by atoms with Crippen LogP contribution in [-0.2, 0) is 12.0 Å². The van der Waals surface area contributed by atoms with Crippen LogP contribution in [0, 0.1) is 0 Å². The average molecular weight is 405 g/mol. The number of nitrogens with one attached hydrogen (secondary N) is 3. The fourth-order valence-electron chi connectivity index (χ4n) is 3.49. The molecule has 1 saturated carbocycles. The molecule has 0 atom stereocenters. The van der Waals surface area contributed by atoms with Gasteiger partial charge in [0.05, 0.1) is 7.11 Å². The minimum absolute atomic E-state index is 0.227. The number of methoxy groups -OCH3 is 1. The van der Waals surface area contributed by atoms with Gasteiger partial charge in [-0.3, -0.25) is 5.10 Å². The van der Waals surface area contributed by atoms with E-state index in [0.717, 1.165) is 36.2 Å². The highest BCUT2D eigenvalue weighted by Crippen LogP contribution is 2.47. The highest BCUT2D eigenvalue weighted by atomic mass is 16.5. The lowest BCUT2D eigenvalue weighted by atomic mass is 9.96. The molecule has 0 spiro atoms. The average Bonchev–Trinajstić information content (AvgIpc) is 3.45. The van der Waals surface area contributed by atoms with Crippen LogP contribution in [-0.4, -0.2) is 41.3 Å². The Labute approximate surface area is 177 Å². The maximum absolute atomic E-state index is 5.20. The van der Waals surface area contributed by atoms with Gasteiger partial charge in [0, 0.05) is 24.1 Å². The predicted octanol–water partition coefficient (Wildman–Crippen LogP) is 3.27. The predicted molar refractivity (Wildman–Crippen MR) is 119 cm³/mol.